The zero-order chi connectivity index (χ0) is 30.5. The highest BCUT2D eigenvalue weighted by Crippen LogP contribution is 2.37. The van der Waals surface area contributed by atoms with Crippen LogP contribution in [0.1, 0.15) is 40.2 Å². The molecule has 0 atom stereocenters. The van der Waals surface area contributed by atoms with Gasteiger partial charge in [0, 0.05) is 44.4 Å². The van der Waals surface area contributed by atoms with Crippen molar-refractivity contribution in [1.29, 1.82) is 0 Å². The summed E-state index contributed by atoms with van der Waals surface area (Å²) in [5, 5.41) is 19.9. The zero-order valence-corrected chi connectivity index (χ0v) is 24.5. The first-order valence-corrected chi connectivity index (χ1v) is 13.9. The third kappa shape index (κ3) is 6.80. The standard InChI is InChI=1S/C31H34N8O4/c1-18-8-12-21(33-15-18)17-39(3)31(42)24-13-11-20(16-34-24)22-6-5-7-23(28(22)43-4)35-25-14-26(36-29(40)19-9-10-19)37-38-27(25)30(41)32-2/h5-8,11-15,19,34H,9-10,16-17H2,1-4H3,(H,32,41)(H2,35,36,37,40). The summed E-state index contributed by atoms with van der Waals surface area (Å²) in [7, 11) is 4.81. The molecule has 1 aliphatic heterocycles. The molecule has 3 amide bonds. The Kier molecular flexibility index (Phi) is 8.65. The van der Waals surface area contributed by atoms with Gasteiger partial charge < -0.3 is 30.9 Å². The van der Waals surface area contributed by atoms with Gasteiger partial charge in [-0.2, -0.15) is 0 Å². The van der Waals surface area contributed by atoms with E-state index in [2.05, 4.69) is 36.4 Å². The molecule has 2 aromatic heterocycles. The van der Waals surface area contributed by atoms with Crippen LogP contribution in [0.4, 0.5) is 17.2 Å². The van der Waals surface area contributed by atoms with E-state index in [0.717, 1.165) is 35.2 Å². The number of dihydropyridines is 1. The van der Waals surface area contributed by atoms with Crippen LogP contribution in [0.25, 0.3) is 5.57 Å². The molecule has 1 aromatic carbocycles. The number of methoxy groups -OCH3 is 1. The highest BCUT2D eigenvalue weighted by molar-refractivity contribution is 6.00. The molecule has 0 radical (unpaired) electrons. The molecular formula is C31H34N8O4. The van der Waals surface area contributed by atoms with Gasteiger partial charge in [0.15, 0.2) is 11.5 Å². The molecule has 0 unspecified atom stereocenters. The van der Waals surface area contributed by atoms with Gasteiger partial charge in [-0.25, -0.2) is 0 Å². The van der Waals surface area contributed by atoms with Gasteiger partial charge in [0.05, 0.1) is 30.7 Å². The molecule has 5 rings (SSSR count). The minimum atomic E-state index is -0.435. The summed E-state index contributed by atoms with van der Waals surface area (Å²) in [6.07, 6.45) is 7.13. The number of para-hydroxylation sites is 1. The van der Waals surface area contributed by atoms with Crippen LogP contribution in [-0.4, -0.2) is 65.6 Å². The molecule has 3 heterocycles. The number of allylic oxidation sites excluding steroid dienone is 2. The quantitative estimate of drug-likeness (QED) is 0.283. The molecular weight excluding hydrogens is 548 g/mol. The first kappa shape index (κ1) is 29.2. The molecule has 4 N–H and O–H groups in total. The number of carbonyl (C=O) groups is 3. The first-order valence-electron chi connectivity index (χ1n) is 13.9. The minimum Gasteiger partial charge on any atom is -0.494 e. The number of nitrogens with zero attached hydrogens (tertiary/aromatic N) is 4. The van der Waals surface area contributed by atoms with Gasteiger partial charge in [-0.3, -0.25) is 19.4 Å². The summed E-state index contributed by atoms with van der Waals surface area (Å²) in [6.45, 7) is 2.76. The van der Waals surface area contributed by atoms with E-state index in [1.807, 2.05) is 43.3 Å². The Morgan fingerprint density at radius 1 is 1.09 bits per heavy atom. The Bertz CT molecular complexity index is 1610. The van der Waals surface area contributed by atoms with E-state index in [1.54, 1.807) is 37.4 Å². The molecule has 1 saturated carbocycles. The number of aromatic nitrogens is 3. The Labute approximate surface area is 249 Å². The lowest BCUT2D eigenvalue weighted by molar-refractivity contribution is -0.126. The summed E-state index contributed by atoms with van der Waals surface area (Å²) in [5.41, 5.74) is 5.04. The van der Waals surface area contributed by atoms with Gasteiger partial charge >= 0.3 is 0 Å². The van der Waals surface area contributed by atoms with Crippen molar-refractivity contribution in [1.82, 2.24) is 30.7 Å². The Hall–Kier alpha value is -5.26. The average molecular weight is 583 g/mol. The fourth-order valence-corrected chi connectivity index (χ4v) is 4.60. The zero-order valence-electron chi connectivity index (χ0n) is 24.5. The van der Waals surface area contributed by atoms with Crippen LogP contribution in [0.2, 0.25) is 0 Å². The van der Waals surface area contributed by atoms with Crippen LogP contribution in [0, 0.1) is 12.8 Å². The number of benzene rings is 1. The van der Waals surface area contributed by atoms with Crippen molar-refractivity contribution in [2.24, 2.45) is 5.92 Å². The number of hydrogen-bond acceptors (Lipinski definition) is 9. The number of ether oxygens (including phenoxy) is 1. The van der Waals surface area contributed by atoms with E-state index < -0.39 is 5.91 Å². The summed E-state index contributed by atoms with van der Waals surface area (Å²) in [6, 6.07) is 11.1. The van der Waals surface area contributed by atoms with Gasteiger partial charge in [-0.15, -0.1) is 10.2 Å². The number of aryl methyl sites for hydroxylation is 1. The summed E-state index contributed by atoms with van der Waals surface area (Å²) in [4.78, 5) is 43.9. The van der Waals surface area contributed by atoms with E-state index in [-0.39, 0.29) is 29.2 Å². The lowest BCUT2D eigenvalue weighted by Gasteiger charge is -2.23. The lowest BCUT2D eigenvalue weighted by atomic mass is 10.0. The number of likely N-dealkylation sites (N-methyl/N-ethyl adjacent to an activating group) is 1. The van der Waals surface area contributed by atoms with E-state index in [9.17, 15) is 14.4 Å². The van der Waals surface area contributed by atoms with Crippen LogP contribution >= 0.6 is 0 Å². The second kappa shape index (κ2) is 12.7. The fraction of sp³-hybridized carbons (Fsp3) is 0.290. The normalized spacial score (nSPS) is 14.0. The Morgan fingerprint density at radius 3 is 2.56 bits per heavy atom. The maximum absolute atomic E-state index is 13.1. The van der Waals surface area contributed by atoms with Crippen LogP contribution in [0.15, 0.2) is 60.4 Å². The smallest absolute Gasteiger partial charge is 0.273 e. The summed E-state index contributed by atoms with van der Waals surface area (Å²) in [5.74, 6) is 0.0670. The predicted molar refractivity (Wildman–Crippen MR) is 163 cm³/mol. The predicted octanol–water partition coefficient (Wildman–Crippen LogP) is 3.17. The number of rotatable bonds is 10. The average Bonchev–Trinajstić information content (AvgIpc) is 3.88. The number of anilines is 3. The second-order valence-electron chi connectivity index (χ2n) is 10.5. The van der Waals surface area contributed by atoms with Crippen LogP contribution in [-0.2, 0) is 16.1 Å². The highest BCUT2D eigenvalue weighted by atomic mass is 16.5. The molecule has 43 heavy (non-hydrogen) atoms. The maximum Gasteiger partial charge on any atom is 0.273 e. The van der Waals surface area contributed by atoms with Gasteiger partial charge in [-0.05, 0) is 49.1 Å². The fourth-order valence-electron chi connectivity index (χ4n) is 4.60. The highest BCUT2D eigenvalue weighted by Gasteiger charge is 2.30. The molecule has 222 valence electrons. The van der Waals surface area contributed by atoms with Crippen LogP contribution in [0.3, 0.4) is 0 Å². The Morgan fingerprint density at radius 2 is 1.91 bits per heavy atom. The molecule has 1 aliphatic carbocycles. The Balaban J connectivity index is 1.37. The van der Waals surface area contributed by atoms with Crippen molar-refractivity contribution >= 4 is 40.5 Å². The van der Waals surface area contributed by atoms with Gasteiger partial charge in [0.1, 0.15) is 11.4 Å². The van der Waals surface area contributed by atoms with E-state index in [4.69, 9.17) is 4.74 Å². The molecule has 2 aliphatic rings. The lowest BCUT2D eigenvalue weighted by Crippen LogP contribution is -2.35. The van der Waals surface area contributed by atoms with Crippen molar-refractivity contribution in [3.8, 4) is 5.75 Å². The van der Waals surface area contributed by atoms with Crippen molar-refractivity contribution in [2.45, 2.75) is 26.3 Å². The molecule has 0 bridgehead atoms. The first-order chi connectivity index (χ1) is 20.8. The van der Waals surface area contributed by atoms with E-state index >= 15 is 0 Å². The molecule has 12 nitrogen and oxygen atoms in total. The van der Waals surface area contributed by atoms with Crippen LogP contribution < -0.4 is 26.0 Å². The minimum absolute atomic E-state index is 0.0126. The molecule has 1 fully saturated rings. The van der Waals surface area contributed by atoms with Crippen molar-refractivity contribution < 1.29 is 19.1 Å². The van der Waals surface area contributed by atoms with Gasteiger partial charge in [0.2, 0.25) is 5.91 Å². The van der Waals surface area contributed by atoms with Gasteiger partial charge in [0.25, 0.3) is 11.8 Å². The van der Waals surface area contributed by atoms with Crippen molar-refractivity contribution in [2.75, 3.05) is 38.4 Å². The molecule has 12 heteroatoms. The SMILES string of the molecule is CNC(=O)c1nnc(NC(=O)C2CC2)cc1Nc1cccc(C2=CC=C(C(=O)N(C)Cc3ccc(C)cn3)NC2)c1OC. The third-order valence-electron chi connectivity index (χ3n) is 7.14. The van der Waals surface area contributed by atoms with E-state index in [1.165, 1.54) is 7.05 Å². The summed E-state index contributed by atoms with van der Waals surface area (Å²) >= 11 is 0. The maximum atomic E-state index is 13.1. The number of hydrogen-bond donors (Lipinski definition) is 4. The van der Waals surface area contributed by atoms with E-state index in [0.29, 0.717) is 35.9 Å². The number of nitrogens with one attached hydrogen (secondary N) is 4. The topological polar surface area (TPSA) is 150 Å². The van der Waals surface area contributed by atoms with Crippen molar-refractivity contribution in [3.05, 3.63) is 83.0 Å². The largest absolute Gasteiger partial charge is 0.494 e. The third-order valence-corrected chi connectivity index (χ3v) is 7.14. The van der Waals surface area contributed by atoms with Crippen molar-refractivity contribution in [3.63, 3.8) is 0 Å². The van der Waals surface area contributed by atoms with Gasteiger partial charge in [-0.1, -0.05) is 24.3 Å². The molecule has 3 aromatic rings. The number of amides is 3. The van der Waals surface area contributed by atoms with Crippen LogP contribution in [0.5, 0.6) is 5.75 Å². The number of pyridine rings is 1. The molecule has 0 spiro atoms. The second-order valence-corrected chi connectivity index (χ2v) is 10.5. The summed E-state index contributed by atoms with van der Waals surface area (Å²) < 4.78 is 5.81. The molecule has 0 saturated heterocycles. The monoisotopic (exact) mass is 582 g/mol. The number of carbonyl (C=O) groups excluding carboxylic acids is 3.